The maximum atomic E-state index is 11.8. The molecule has 0 spiro atoms. The van der Waals surface area contributed by atoms with Crippen molar-refractivity contribution in [2.75, 3.05) is 13.2 Å². The Labute approximate surface area is 116 Å². The molecule has 0 radical (unpaired) electrons. The topological polar surface area (TPSA) is 105 Å². The molecule has 0 aliphatic carbocycles. The Balaban J connectivity index is 1.84. The van der Waals surface area contributed by atoms with Gasteiger partial charge in [0, 0.05) is 25.4 Å². The third-order valence-electron chi connectivity index (χ3n) is 3.27. The van der Waals surface area contributed by atoms with Gasteiger partial charge in [-0.25, -0.2) is 4.79 Å². The van der Waals surface area contributed by atoms with E-state index in [9.17, 15) is 9.59 Å². The highest BCUT2D eigenvalue weighted by Crippen LogP contribution is 2.13. The maximum absolute atomic E-state index is 11.8. The fourth-order valence-electron chi connectivity index (χ4n) is 2.16. The molecule has 8 nitrogen and oxygen atoms in total. The Morgan fingerprint density at radius 2 is 2.30 bits per heavy atom. The van der Waals surface area contributed by atoms with Gasteiger partial charge in [0.2, 0.25) is 0 Å². The minimum Gasteiger partial charge on any atom is -0.481 e. The van der Waals surface area contributed by atoms with Gasteiger partial charge in [0.1, 0.15) is 5.92 Å². The van der Waals surface area contributed by atoms with Crippen molar-refractivity contribution in [1.29, 1.82) is 0 Å². The van der Waals surface area contributed by atoms with Crippen molar-refractivity contribution in [2.45, 2.75) is 19.5 Å². The highest BCUT2D eigenvalue weighted by Gasteiger charge is 2.34. The summed E-state index contributed by atoms with van der Waals surface area (Å²) in [5, 5.41) is 18.5. The zero-order chi connectivity index (χ0) is 14.7. The van der Waals surface area contributed by atoms with Gasteiger partial charge in [-0.15, -0.1) is 0 Å². The van der Waals surface area contributed by atoms with E-state index in [1.165, 1.54) is 0 Å². The van der Waals surface area contributed by atoms with Crippen molar-refractivity contribution >= 4 is 12.0 Å². The molecule has 1 fully saturated rings. The van der Waals surface area contributed by atoms with Crippen molar-refractivity contribution in [2.24, 2.45) is 13.0 Å². The zero-order valence-electron chi connectivity index (χ0n) is 11.4. The van der Waals surface area contributed by atoms with Gasteiger partial charge in [-0.3, -0.25) is 9.48 Å². The Hall–Kier alpha value is -2.09. The molecule has 2 atom stereocenters. The summed E-state index contributed by atoms with van der Waals surface area (Å²) >= 11 is 0. The second-order valence-electron chi connectivity index (χ2n) is 4.83. The lowest BCUT2D eigenvalue weighted by Gasteiger charge is -2.16. The Bertz CT molecular complexity index is 514. The molecule has 1 aliphatic heterocycles. The highest BCUT2D eigenvalue weighted by molar-refractivity contribution is 5.77. The Kier molecular flexibility index (Phi) is 4.23. The molecule has 0 bridgehead atoms. The number of nitrogens with one attached hydrogen (secondary N) is 2. The molecule has 2 heterocycles. The van der Waals surface area contributed by atoms with Gasteiger partial charge in [-0.1, -0.05) is 0 Å². The third-order valence-corrected chi connectivity index (χ3v) is 3.27. The fraction of sp³-hybridized carbons (Fsp3) is 0.583. The Morgan fingerprint density at radius 3 is 2.90 bits per heavy atom. The number of carboxylic acids is 1. The normalized spacial score (nSPS) is 21.7. The number of aryl methyl sites for hydroxylation is 2. The van der Waals surface area contributed by atoms with Crippen LogP contribution in [0.1, 0.15) is 11.3 Å². The van der Waals surface area contributed by atoms with Gasteiger partial charge in [0.15, 0.2) is 0 Å². The lowest BCUT2D eigenvalue weighted by Crippen LogP contribution is -2.47. The van der Waals surface area contributed by atoms with Gasteiger partial charge < -0.3 is 20.5 Å². The van der Waals surface area contributed by atoms with Crippen molar-refractivity contribution in [3.63, 3.8) is 0 Å². The molecule has 8 heteroatoms. The maximum Gasteiger partial charge on any atom is 0.315 e. The van der Waals surface area contributed by atoms with Crippen molar-refractivity contribution in [1.82, 2.24) is 20.4 Å². The second-order valence-corrected chi connectivity index (χ2v) is 4.83. The minimum absolute atomic E-state index is 0.127. The molecular formula is C12H18N4O4. The van der Waals surface area contributed by atoms with Crippen LogP contribution in [0.3, 0.4) is 0 Å². The van der Waals surface area contributed by atoms with E-state index in [0.717, 1.165) is 11.3 Å². The van der Waals surface area contributed by atoms with E-state index < -0.39 is 24.0 Å². The van der Waals surface area contributed by atoms with E-state index in [1.807, 2.05) is 20.2 Å². The molecule has 1 aromatic heterocycles. The van der Waals surface area contributed by atoms with Crippen LogP contribution in [0.25, 0.3) is 0 Å². The molecule has 0 saturated carbocycles. The molecule has 1 saturated heterocycles. The number of aromatic nitrogens is 2. The van der Waals surface area contributed by atoms with E-state index in [4.69, 9.17) is 9.84 Å². The summed E-state index contributed by atoms with van der Waals surface area (Å²) < 4.78 is 6.76. The van der Waals surface area contributed by atoms with Crippen LogP contribution in [0, 0.1) is 12.8 Å². The predicted molar refractivity (Wildman–Crippen MR) is 69.0 cm³/mol. The van der Waals surface area contributed by atoms with Gasteiger partial charge in [0.25, 0.3) is 0 Å². The second kappa shape index (κ2) is 5.91. The smallest absolute Gasteiger partial charge is 0.315 e. The zero-order valence-corrected chi connectivity index (χ0v) is 11.4. The van der Waals surface area contributed by atoms with E-state index in [0.29, 0.717) is 6.54 Å². The average Bonchev–Trinajstić information content (AvgIpc) is 2.93. The monoisotopic (exact) mass is 282 g/mol. The van der Waals surface area contributed by atoms with Crippen LogP contribution < -0.4 is 10.6 Å². The first-order chi connectivity index (χ1) is 9.47. The van der Waals surface area contributed by atoms with Crippen LogP contribution in [-0.2, 0) is 23.1 Å². The first-order valence-corrected chi connectivity index (χ1v) is 6.31. The number of hydrogen-bond donors (Lipinski definition) is 3. The molecule has 1 aromatic rings. The largest absolute Gasteiger partial charge is 0.481 e. The lowest BCUT2D eigenvalue weighted by atomic mass is 10.0. The summed E-state index contributed by atoms with van der Waals surface area (Å²) in [5.41, 5.74) is 1.76. The summed E-state index contributed by atoms with van der Waals surface area (Å²) in [6, 6.07) is -0.905. The number of urea groups is 1. The summed E-state index contributed by atoms with van der Waals surface area (Å²) in [6.45, 7) is 2.55. The van der Waals surface area contributed by atoms with E-state index >= 15 is 0 Å². The number of carbonyl (C=O) groups is 2. The minimum atomic E-state index is -0.962. The van der Waals surface area contributed by atoms with Gasteiger partial charge in [-0.05, 0) is 6.92 Å². The molecular weight excluding hydrogens is 264 g/mol. The summed E-state index contributed by atoms with van der Waals surface area (Å²) in [5.74, 6) is -1.66. The molecule has 20 heavy (non-hydrogen) atoms. The number of rotatable bonds is 4. The van der Waals surface area contributed by atoms with Crippen molar-refractivity contribution in [3.05, 3.63) is 17.5 Å². The predicted octanol–water partition coefficient (Wildman–Crippen LogP) is -0.373. The summed E-state index contributed by atoms with van der Waals surface area (Å²) in [7, 11) is 1.81. The van der Waals surface area contributed by atoms with Crippen molar-refractivity contribution in [3.8, 4) is 0 Å². The number of amides is 2. The molecule has 2 unspecified atom stereocenters. The van der Waals surface area contributed by atoms with E-state index in [2.05, 4.69) is 15.7 Å². The van der Waals surface area contributed by atoms with Crippen LogP contribution in [0.5, 0.6) is 0 Å². The number of carbonyl (C=O) groups excluding carboxylic acids is 1. The third kappa shape index (κ3) is 3.27. The van der Waals surface area contributed by atoms with Gasteiger partial charge >= 0.3 is 12.0 Å². The number of nitrogens with zero attached hydrogens (tertiary/aromatic N) is 2. The lowest BCUT2D eigenvalue weighted by molar-refractivity contribution is -0.142. The quantitative estimate of drug-likeness (QED) is 0.698. The summed E-state index contributed by atoms with van der Waals surface area (Å²) in [4.78, 5) is 22.7. The number of ether oxygens (including phenoxy) is 1. The van der Waals surface area contributed by atoms with Crippen LogP contribution >= 0.6 is 0 Å². The fourth-order valence-corrected chi connectivity index (χ4v) is 2.16. The molecule has 2 amide bonds. The van der Waals surface area contributed by atoms with E-state index in [-0.39, 0.29) is 13.2 Å². The van der Waals surface area contributed by atoms with Gasteiger partial charge in [0.05, 0.1) is 24.9 Å². The van der Waals surface area contributed by atoms with Crippen LogP contribution in [0.15, 0.2) is 6.20 Å². The van der Waals surface area contributed by atoms with Gasteiger partial charge in [-0.2, -0.15) is 5.10 Å². The first-order valence-electron chi connectivity index (χ1n) is 6.31. The molecule has 3 N–H and O–H groups in total. The van der Waals surface area contributed by atoms with E-state index in [1.54, 1.807) is 4.68 Å². The SMILES string of the molecule is Cc1nn(C)cc1CNC(=O)NC1COCC1C(=O)O. The standard InChI is InChI=1S/C12H18N4O4/c1-7-8(4-16(2)15-7)3-13-12(19)14-10-6-20-5-9(10)11(17)18/h4,9-10H,3,5-6H2,1-2H3,(H,17,18)(H2,13,14,19). The first kappa shape index (κ1) is 14.3. The molecule has 110 valence electrons. The van der Waals surface area contributed by atoms with Crippen molar-refractivity contribution < 1.29 is 19.4 Å². The Morgan fingerprint density at radius 1 is 1.55 bits per heavy atom. The number of hydrogen-bond acceptors (Lipinski definition) is 4. The van der Waals surface area contributed by atoms with Crippen LogP contribution in [-0.4, -0.2) is 46.1 Å². The highest BCUT2D eigenvalue weighted by atomic mass is 16.5. The molecule has 2 rings (SSSR count). The van der Waals surface area contributed by atoms with Crippen LogP contribution in [0.4, 0.5) is 4.79 Å². The number of aliphatic carboxylic acids is 1. The summed E-state index contributed by atoms with van der Waals surface area (Å²) in [6.07, 6.45) is 1.83. The average molecular weight is 282 g/mol. The molecule has 0 aromatic carbocycles. The number of carboxylic acid groups (broad SMARTS) is 1. The van der Waals surface area contributed by atoms with Crippen LogP contribution in [0.2, 0.25) is 0 Å². The molecule has 1 aliphatic rings.